The first-order valence-electron chi connectivity index (χ1n) is 7.52. The van der Waals surface area contributed by atoms with Gasteiger partial charge in [0.15, 0.2) is 0 Å². The first-order valence-corrected chi connectivity index (χ1v) is 9.09. The van der Waals surface area contributed by atoms with Crippen molar-refractivity contribution < 1.29 is 19.4 Å². The number of phenolic OH excluding ortho intramolecular Hbond substituents is 1. The summed E-state index contributed by atoms with van der Waals surface area (Å²) in [6.07, 6.45) is 0. The minimum absolute atomic E-state index is 0.0107. The highest BCUT2D eigenvalue weighted by atomic mass is 35.5. The van der Waals surface area contributed by atoms with E-state index >= 15 is 0 Å². The van der Waals surface area contributed by atoms with E-state index in [1.54, 1.807) is 6.07 Å². The highest BCUT2D eigenvalue weighted by Gasteiger charge is 2.24. The van der Waals surface area contributed by atoms with Gasteiger partial charge in [-0.3, -0.25) is 5.32 Å². The van der Waals surface area contributed by atoms with Crippen LogP contribution in [-0.2, 0) is 10.2 Å². The number of esters is 1. The molecule has 0 unspecified atom stereocenters. The molecule has 9 heteroatoms. The summed E-state index contributed by atoms with van der Waals surface area (Å²) < 4.78 is 4.78. The van der Waals surface area contributed by atoms with Crippen LogP contribution < -0.4 is 10.6 Å². The summed E-state index contributed by atoms with van der Waals surface area (Å²) in [5.41, 5.74) is 0.295. The number of hydrogen-bond donors (Lipinski definition) is 3. The van der Waals surface area contributed by atoms with E-state index in [1.165, 1.54) is 30.6 Å². The zero-order valence-corrected chi connectivity index (χ0v) is 16.9. The molecule has 0 aliphatic carbocycles. The van der Waals surface area contributed by atoms with Crippen LogP contribution in [0.25, 0.3) is 0 Å². The topological polar surface area (TPSA) is 87.7 Å². The van der Waals surface area contributed by atoms with Gasteiger partial charge in [-0.15, -0.1) is 11.3 Å². The normalized spacial score (nSPS) is 11.2. The molecular formula is C17H18Cl2N2O4S. The molecule has 0 aliphatic heterocycles. The van der Waals surface area contributed by atoms with Gasteiger partial charge < -0.3 is 15.2 Å². The van der Waals surface area contributed by atoms with Gasteiger partial charge >= 0.3 is 12.0 Å². The number of aromatic hydroxyl groups is 1. The van der Waals surface area contributed by atoms with Crippen LogP contribution in [0.2, 0.25) is 10.0 Å². The van der Waals surface area contributed by atoms with Gasteiger partial charge in [0.25, 0.3) is 0 Å². The van der Waals surface area contributed by atoms with Gasteiger partial charge in [0.1, 0.15) is 15.8 Å². The van der Waals surface area contributed by atoms with Crippen molar-refractivity contribution in [1.82, 2.24) is 0 Å². The van der Waals surface area contributed by atoms with E-state index in [2.05, 4.69) is 10.6 Å². The van der Waals surface area contributed by atoms with Gasteiger partial charge in [-0.05, 0) is 23.6 Å². The minimum atomic E-state index is -0.610. The van der Waals surface area contributed by atoms with Gasteiger partial charge in [0, 0.05) is 4.88 Å². The zero-order chi connectivity index (χ0) is 19.6. The van der Waals surface area contributed by atoms with Gasteiger partial charge in [-0.1, -0.05) is 44.0 Å². The molecule has 0 atom stereocenters. The number of thiophene rings is 1. The van der Waals surface area contributed by atoms with Gasteiger partial charge in [-0.2, -0.15) is 0 Å². The highest BCUT2D eigenvalue weighted by Crippen LogP contribution is 2.38. The Morgan fingerprint density at radius 3 is 2.38 bits per heavy atom. The number of amides is 2. The minimum Gasteiger partial charge on any atom is -0.506 e. The van der Waals surface area contributed by atoms with E-state index in [4.69, 9.17) is 27.9 Å². The van der Waals surface area contributed by atoms with Crippen molar-refractivity contribution in [2.75, 3.05) is 17.7 Å². The number of anilines is 2. The van der Waals surface area contributed by atoms with Crippen LogP contribution in [0, 0.1) is 0 Å². The lowest BCUT2D eigenvalue weighted by molar-refractivity contribution is 0.0602. The Morgan fingerprint density at radius 2 is 1.81 bits per heavy atom. The predicted molar refractivity (Wildman–Crippen MR) is 105 cm³/mol. The van der Waals surface area contributed by atoms with Crippen LogP contribution in [0.5, 0.6) is 5.75 Å². The maximum Gasteiger partial charge on any atom is 0.340 e. The van der Waals surface area contributed by atoms with Crippen molar-refractivity contribution in [3.8, 4) is 5.75 Å². The number of urea groups is 1. The van der Waals surface area contributed by atoms with Gasteiger partial charge in [-0.25, -0.2) is 9.59 Å². The van der Waals surface area contributed by atoms with Crippen molar-refractivity contribution >= 4 is 57.2 Å². The molecule has 3 N–H and O–H groups in total. The van der Waals surface area contributed by atoms with E-state index in [0.717, 1.165) is 4.88 Å². The fourth-order valence-corrected chi connectivity index (χ4v) is 3.48. The Balaban J connectivity index is 2.27. The zero-order valence-electron chi connectivity index (χ0n) is 14.6. The number of ether oxygens (including phenoxy) is 1. The molecule has 0 bridgehead atoms. The number of carbonyl (C=O) groups is 2. The molecule has 2 amide bonds. The molecule has 6 nitrogen and oxygen atoms in total. The third kappa shape index (κ3) is 4.41. The van der Waals surface area contributed by atoms with E-state index in [0.29, 0.717) is 5.00 Å². The molecule has 1 aromatic heterocycles. The SMILES string of the molecule is COC(=O)c1cc(C(C)(C)C)sc1NC(=O)Nc1ccc(O)c(Cl)c1Cl. The average Bonchev–Trinajstić information content (AvgIpc) is 2.98. The average molecular weight is 417 g/mol. The lowest BCUT2D eigenvalue weighted by atomic mass is 9.94. The summed E-state index contributed by atoms with van der Waals surface area (Å²) in [5.74, 6) is -0.735. The molecule has 140 valence electrons. The molecule has 0 spiro atoms. The lowest BCUT2D eigenvalue weighted by Gasteiger charge is -2.15. The number of halogens is 2. The first-order chi connectivity index (χ1) is 12.0. The van der Waals surface area contributed by atoms with Crippen LogP contribution >= 0.6 is 34.5 Å². The van der Waals surface area contributed by atoms with Crippen molar-refractivity contribution in [2.45, 2.75) is 26.2 Å². The first kappa shape index (κ1) is 20.4. The molecule has 0 aliphatic rings. The van der Waals surface area contributed by atoms with Crippen LogP contribution in [-0.4, -0.2) is 24.2 Å². The number of hydrogen-bond acceptors (Lipinski definition) is 5. The molecule has 0 saturated carbocycles. The molecule has 2 rings (SSSR count). The van der Waals surface area contributed by atoms with Crippen LogP contribution in [0.3, 0.4) is 0 Å². The predicted octanol–water partition coefficient (Wildman–Crippen LogP) is 5.49. The number of methoxy groups -OCH3 is 1. The summed E-state index contributed by atoms with van der Waals surface area (Å²) >= 11 is 13.1. The number of carbonyl (C=O) groups excluding carboxylic acids is 2. The lowest BCUT2D eigenvalue weighted by Crippen LogP contribution is -2.20. The smallest absolute Gasteiger partial charge is 0.340 e. The van der Waals surface area contributed by atoms with Gasteiger partial charge in [0.05, 0.1) is 23.4 Å². The van der Waals surface area contributed by atoms with Crippen molar-refractivity contribution in [3.05, 3.63) is 38.7 Å². The molecule has 0 radical (unpaired) electrons. The summed E-state index contributed by atoms with van der Waals surface area (Å²) in [5, 5.41) is 15.0. The molecule has 0 saturated heterocycles. The van der Waals surface area contributed by atoms with Crippen molar-refractivity contribution in [3.63, 3.8) is 0 Å². The second-order valence-electron chi connectivity index (χ2n) is 6.43. The van der Waals surface area contributed by atoms with Crippen molar-refractivity contribution in [2.24, 2.45) is 0 Å². The maximum absolute atomic E-state index is 12.3. The summed E-state index contributed by atoms with van der Waals surface area (Å²) in [4.78, 5) is 25.2. The molecule has 26 heavy (non-hydrogen) atoms. The fourth-order valence-electron chi connectivity index (χ4n) is 2.01. The molecule has 1 heterocycles. The monoisotopic (exact) mass is 416 g/mol. The summed E-state index contributed by atoms with van der Waals surface area (Å²) in [6.45, 7) is 6.01. The summed E-state index contributed by atoms with van der Waals surface area (Å²) in [7, 11) is 1.28. The highest BCUT2D eigenvalue weighted by molar-refractivity contribution is 7.16. The number of nitrogens with one attached hydrogen (secondary N) is 2. The number of benzene rings is 1. The van der Waals surface area contributed by atoms with E-state index in [1.807, 2.05) is 20.8 Å². The number of rotatable bonds is 3. The number of phenols is 1. The van der Waals surface area contributed by atoms with Crippen LogP contribution in [0.1, 0.15) is 36.0 Å². The Bertz CT molecular complexity index is 859. The van der Waals surface area contributed by atoms with Crippen molar-refractivity contribution in [1.29, 1.82) is 0 Å². The second kappa shape index (κ2) is 7.73. The fraction of sp³-hybridized carbons (Fsp3) is 0.294. The Labute approximate surface area is 165 Å². The Morgan fingerprint density at radius 1 is 1.15 bits per heavy atom. The van der Waals surface area contributed by atoms with Crippen LogP contribution in [0.15, 0.2) is 18.2 Å². The van der Waals surface area contributed by atoms with E-state index < -0.39 is 12.0 Å². The van der Waals surface area contributed by atoms with Crippen LogP contribution in [0.4, 0.5) is 15.5 Å². The standard InChI is InChI=1S/C17H18Cl2N2O4S/c1-17(2,3)11-7-8(15(23)25-4)14(26-11)21-16(24)20-9-5-6-10(22)13(19)12(9)18/h5-7,22H,1-4H3,(H2,20,21,24). The second-order valence-corrected chi connectivity index (χ2v) is 8.24. The molecular weight excluding hydrogens is 399 g/mol. The quantitative estimate of drug-likeness (QED) is 0.455. The largest absolute Gasteiger partial charge is 0.506 e. The van der Waals surface area contributed by atoms with E-state index in [-0.39, 0.29) is 32.5 Å². The summed E-state index contributed by atoms with van der Waals surface area (Å²) in [6, 6.07) is 3.82. The molecule has 2 aromatic rings. The maximum atomic E-state index is 12.3. The molecule has 0 fully saturated rings. The Hall–Kier alpha value is -1.96. The third-order valence-electron chi connectivity index (χ3n) is 3.41. The Kier molecular flexibility index (Phi) is 6.05. The molecule has 1 aromatic carbocycles. The van der Waals surface area contributed by atoms with Gasteiger partial charge in [0.2, 0.25) is 0 Å². The van der Waals surface area contributed by atoms with E-state index in [9.17, 15) is 14.7 Å². The third-order valence-corrected chi connectivity index (χ3v) is 5.76.